The van der Waals surface area contributed by atoms with Crippen molar-refractivity contribution in [3.05, 3.63) is 35.0 Å². The molecule has 0 bridgehead atoms. The van der Waals surface area contributed by atoms with Crippen LogP contribution in [0.15, 0.2) is 18.2 Å². The second-order valence-electron chi connectivity index (χ2n) is 6.73. The molecule has 1 unspecified atom stereocenters. The summed E-state index contributed by atoms with van der Waals surface area (Å²) in [5.74, 6) is -0.817. The molecule has 1 fully saturated rings. The molecule has 1 aliphatic rings. The van der Waals surface area contributed by atoms with E-state index in [-0.39, 0.29) is 18.4 Å². The maximum absolute atomic E-state index is 13.0. The number of hydrogen-bond donors (Lipinski definition) is 2. The van der Waals surface area contributed by atoms with Gasteiger partial charge in [0.05, 0.1) is 0 Å². The Morgan fingerprint density at radius 2 is 2.08 bits per heavy atom. The minimum Gasteiger partial charge on any atom is -0.481 e. The fourth-order valence-electron chi connectivity index (χ4n) is 3.59. The third-order valence-corrected chi connectivity index (χ3v) is 5.15. The van der Waals surface area contributed by atoms with Gasteiger partial charge in [-0.3, -0.25) is 9.59 Å². The fraction of sp³-hybridized carbons (Fsp3) is 0.474. The van der Waals surface area contributed by atoms with Crippen LogP contribution in [0, 0.1) is 13.8 Å². The fourth-order valence-corrected chi connectivity index (χ4v) is 3.59. The van der Waals surface area contributed by atoms with Crippen LogP contribution in [0.4, 0.5) is 0 Å². The molecule has 0 radical (unpaired) electrons. The summed E-state index contributed by atoms with van der Waals surface area (Å²) in [6, 6.07) is 6.02. The Hall–Kier alpha value is -2.30. The van der Waals surface area contributed by atoms with Crippen molar-refractivity contribution < 1.29 is 14.7 Å². The smallest absolute Gasteiger partial charge is 0.303 e. The van der Waals surface area contributed by atoms with Crippen molar-refractivity contribution in [2.24, 2.45) is 0 Å². The molecule has 2 N–H and O–H groups in total. The first kappa shape index (κ1) is 16.6. The van der Waals surface area contributed by atoms with Gasteiger partial charge in [-0.15, -0.1) is 0 Å². The highest BCUT2D eigenvalue weighted by atomic mass is 16.4. The Labute approximate surface area is 141 Å². The lowest BCUT2D eigenvalue weighted by Crippen LogP contribution is -2.44. The highest BCUT2D eigenvalue weighted by Gasteiger charge is 2.28. The number of rotatable bonds is 4. The molecule has 1 atom stereocenters. The minimum absolute atomic E-state index is 0.0154. The summed E-state index contributed by atoms with van der Waals surface area (Å²) in [7, 11) is 0. The van der Waals surface area contributed by atoms with Crippen LogP contribution in [0.1, 0.15) is 53.7 Å². The molecule has 3 rings (SSSR count). The van der Waals surface area contributed by atoms with Gasteiger partial charge in [0.15, 0.2) is 0 Å². The van der Waals surface area contributed by atoms with Gasteiger partial charge in [0.2, 0.25) is 0 Å². The van der Waals surface area contributed by atoms with E-state index >= 15 is 0 Å². The van der Waals surface area contributed by atoms with E-state index in [4.69, 9.17) is 5.11 Å². The zero-order valence-electron chi connectivity index (χ0n) is 14.3. The number of aromatic amines is 1. The van der Waals surface area contributed by atoms with Gasteiger partial charge >= 0.3 is 5.97 Å². The van der Waals surface area contributed by atoms with Crippen molar-refractivity contribution in [2.45, 2.75) is 52.0 Å². The molecular formula is C19H24N2O3. The van der Waals surface area contributed by atoms with Crippen LogP contribution >= 0.6 is 0 Å². The summed E-state index contributed by atoms with van der Waals surface area (Å²) in [5, 5.41) is 10.0. The number of carbonyl (C=O) groups is 2. The third-order valence-electron chi connectivity index (χ3n) is 5.15. The summed E-state index contributed by atoms with van der Waals surface area (Å²) in [6.07, 6.45) is 3.56. The molecule has 0 saturated carbocycles. The Kier molecular flexibility index (Phi) is 4.60. The summed E-state index contributed by atoms with van der Waals surface area (Å²) < 4.78 is 0. The Bertz CT molecular complexity index is 778. The molecule has 2 heterocycles. The second-order valence-corrected chi connectivity index (χ2v) is 6.73. The molecule has 1 amide bonds. The largest absolute Gasteiger partial charge is 0.481 e. The topological polar surface area (TPSA) is 73.4 Å². The number of carbonyl (C=O) groups excluding carboxylic acids is 1. The molecule has 1 saturated heterocycles. The summed E-state index contributed by atoms with van der Waals surface area (Å²) >= 11 is 0. The minimum atomic E-state index is -0.801. The average molecular weight is 328 g/mol. The van der Waals surface area contributed by atoms with Crippen LogP contribution in [-0.4, -0.2) is 39.5 Å². The Balaban J connectivity index is 1.86. The highest BCUT2D eigenvalue weighted by Crippen LogP contribution is 2.26. The van der Waals surface area contributed by atoms with Gasteiger partial charge in [0.1, 0.15) is 5.69 Å². The first-order valence-electron chi connectivity index (χ1n) is 8.59. The van der Waals surface area contributed by atoms with Gasteiger partial charge < -0.3 is 15.0 Å². The van der Waals surface area contributed by atoms with Gasteiger partial charge in [-0.05, 0) is 62.8 Å². The first-order chi connectivity index (χ1) is 11.5. The number of aromatic nitrogens is 1. The van der Waals surface area contributed by atoms with Crippen LogP contribution < -0.4 is 0 Å². The standard InChI is InChI=1S/C19H24N2O3/c1-12-6-8-16-15(13(12)2)11-17(20-16)19(24)21-10-4-3-5-14(21)7-9-18(22)23/h6,8,11,14,20H,3-5,7,9-10H2,1-2H3,(H,22,23). The second kappa shape index (κ2) is 6.67. The maximum atomic E-state index is 13.0. The number of carboxylic acid groups (broad SMARTS) is 1. The number of benzene rings is 1. The zero-order valence-corrected chi connectivity index (χ0v) is 14.3. The van der Waals surface area contributed by atoms with Crippen molar-refractivity contribution in [1.82, 2.24) is 9.88 Å². The van der Waals surface area contributed by atoms with Crippen molar-refractivity contribution in [2.75, 3.05) is 6.54 Å². The van der Waals surface area contributed by atoms with Crippen molar-refractivity contribution in [1.29, 1.82) is 0 Å². The Morgan fingerprint density at radius 1 is 1.29 bits per heavy atom. The van der Waals surface area contributed by atoms with Crippen molar-refractivity contribution in [3.63, 3.8) is 0 Å². The lowest BCUT2D eigenvalue weighted by atomic mass is 9.97. The van der Waals surface area contributed by atoms with Crippen LogP contribution in [0.3, 0.4) is 0 Å². The van der Waals surface area contributed by atoms with Gasteiger partial charge in [0.25, 0.3) is 5.91 Å². The number of hydrogen-bond acceptors (Lipinski definition) is 2. The molecule has 0 spiro atoms. The average Bonchev–Trinajstić information content (AvgIpc) is 3.01. The number of nitrogens with zero attached hydrogens (tertiary/aromatic N) is 1. The molecule has 0 aliphatic carbocycles. The van der Waals surface area contributed by atoms with E-state index in [0.717, 1.165) is 30.2 Å². The highest BCUT2D eigenvalue weighted by molar-refractivity contribution is 5.99. The molecule has 1 aromatic carbocycles. The number of carboxylic acids is 1. The van der Waals surface area contributed by atoms with Crippen molar-refractivity contribution in [3.8, 4) is 0 Å². The molecule has 1 aromatic heterocycles. The number of aliphatic carboxylic acids is 1. The number of nitrogens with one attached hydrogen (secondary N) is 1. The van der Waals surface area contributed by atoms with Gasteiger partial charge in [-0.25, -0.2) is 0 Å². The van der Waals surface area contributed by atoms with Crippen LogP contribution in [0.25, 0.3) is 10.9 Å². The normalized spacial score (nSPS) is 18.1. The predicted octanol–water partition coefficient (Wildman–Crippen LogP) is 3.64. The summed E-state index contributed by atoms with van der Waals surface area (Å²) in [5.41, 5.74) is 3.96. The van der Waals surface area contributed by atoms with Crippen LogP contribution in [-0.2, 0) is 4.79 Å². The van der Waals surface area contributed by atoms with E-state index < -0.39 is 5.97 Å². The molecule has 128 valence electrons. The van der Waals surface area contributed by atoms with E-state index in [1.165, 1.54) is 11.1 Å². The van der Waals surface area contributed by atoms with Gasteiger partial charge in [-0.2, -0.15) is 0 Å². The van der Waals surface area contributed by atoms with Crippen LogP contribution in [0.2, 0.25) is 0 Å². The van der Waals surface area contributed by atoms with Gasteiger partial charge in [-0.1, -0.05) is 6.07 Å². The van der Waals surface area contributed by atoms with E-state index in [1.54, 1.807) is 0 Å². The first-order valence-corrected chi connectivity index (χ1v) is 8.59. The summed E-state index contributed by atoms with van der Waals surface area (Å²) in [4.78, 5) is 28.9. The lowest BCUT2D eigenvalue weighted by molar-refractivity contribution is -0.137. The lowest BCUT2D eigenvalue weighted by Gasteiger charge is -2.35. The predicted molar refractivity (Wildman–Crippen MR) is 93.3 cm³/mol. The van der Waals surface area contributed by atoms with Crippen molar-refractivity contribution >= 4 is 22.8 Å². The zero-order chi connectivity index (χ0) is 17.3. The quantitative estimate of drug-likeness (QED) is 0.900. The number of amides is 1. The number of aryl methyl sites for hydroxylation is 2. The van der Waals surface area contributed by atoms with E-state index in [2.05, 4.69) is 24.9 Å². The van der Waals surface area contributed by atoms with Crippen LogP contribution in [0.5, 0.6) is 0 Å². The molecule has 5 nitrogen and oxygen atoms in total. The number of H-pyrrole nitrogens is 1. The van der Waals surface area contributed by atoms with E-state index in [9.17, 15) is 9.59 Å². The summed E-state index contributed by atoms with van der Waals surface area (Å²) in [6.45, 7) is 4.84. The number of fused-ring (bicyclic) bond motifs is 1. The molecule has 5 heteroatoms. The third kappa shape index (κ3) is 3.16. The number of piperidine rings is 1. The molecule has 1 aliphatic heterocycles. The molecule has 24 heavy (non-hydrogen) atoms. The van der Waals surface area contributed by atoms with Gasteiger partial charge in [0, 0.05) is 29.9 Å². The maximum Gasteiger partial charge on any atom is 0.303 e. The SMILES string of the molecule is Cc1ccc2[nH]c(C(=O)N3CCCCC3CCC(=O)O)cc2c1C. The Morgan fingerprint density at radius 3 is 2.83 bits per heavy atom. The molecular weight excluding hydrogens is 304 g/mol. The van der Waals surface area contributed by atoms with E-state index in [1.807, 2.05) is 17.0 Å². The molecule has 2 aromatic rings. The monoisotopic (exact) mass is 328 g/mol. The van der Waals surface area contributed by atoms with E-state index in [0.29, 0.717) is 18.7 Å². The number of likely N-dealkylation sites (tertiary alicyclic amines) is 1.